The van der Waals surface area contributed by atoms with Crippen LogP contribution in [0.15, 0.2) is 24.5 Å². The van der Waals surface area contributed by atoms with Crippen molar-refractivity contribution in [3.63, 3.8) is 0 Å². The molecule has 2 heterocycles. The van der Waals surface area contributed by atoms with Crippen LogP contribution in [-0.4, -0.2) is 28.6 Å². The van der Waals surface area contributed by atoms with Gasteiger partial charge in [0.15, 0.2) is 0 Å². The summed E-state index contributed by atoms with van der Waals surface area (Å²) in [6.45, 7) is 0.934. The number of rotatable bonds is 3. The standard InChI is InChI=1S/C11H14N2O2/c14-11(15)7-9-4-2-6-13(9)10-3-1-5-12-8-10/h1,3,5,8-9H,2,4,6-7H2,(H,14,15). The number of hydrogen-bond acceptors (Lipinski definition) is 3. The third kappa shape index (κ3) is 2.26. The zero-order valence-electron chi connectivity index (χ0n) is 8.47. The molecule has 1 aromatic heterocycles. The number of nitrogens with zero attached hydrogens (tertiary/aromatic N) is 2. The fraction of sp³-hybridized carbons (Fsp3) is 0.455. The Morgan fingerprint density at radius 3 is 3.20 bits per heavy atom. The Hall–Kier alpha value is -1.58. The lowest BCUT2D eigenvalue weighted by Crippen LogP contribution is -2.31. The first-order valence-corrected chi connectivity index (χ1v) is 5.16. The van der Waals surface area contributed by atoms with Gasteiger partial charge in [0.2, 0.25) is 0 Å². The number of aromatic nitrogens is 1. The van der Waals surface area contributed by atoms with Crippen LogP contribution in [0.25, 0.3) is 0 Å². The van der Waals surface area contributed by atoms with Crippen molar-refractivity contribution in [3.05, 3.63) is 24.5 Å². The van der Waals surface area contributed by atoms with Crippen molar-refractivity contribution in [1.29, 1.82) is 0 Å². The van der Waals surface area contributed by atoms with Gasteiger partial charge in [0, 0.05) is 18.8 Å². The fourth-order valence-corrected chi connectivity index (χ4v) is 2.11. The molecule has 4 heteroatoms. The van der Waals surface area contributed by atoms with E-state index in [4.69, 9.17) is 5.11 Å². The molecule has 1 N–H and O–H groups in total. The molecular formula is C11H14N2O2. The van der Waals surface area contributed by atoms with E-state index in [1.54, 1.807) is 12.4 Å². The monoisotopic (exact) mass is 206 g/mol. The van der Waals surface area contributed by atoms with Crippen LogP contribution in [-0.2, 0) is 4.79 Å². The maximum atomic E-state index is 10.7. The number of anilines is 1. The van der Waals surface area contributed by atoms with Crippen LogP contribution in [0.1, 0.15) is 19.3 Å². The highest BCUT2D eigenvalue weighted by Crippen LogP contribution is 2.26. The molecule has 2 rings (SSSR count). The second-order valence-electron chi connectivity index (χ2n) is 3.80. The first kappa shape index (κ1) is 9.96. The molecule has 0 aliphatic carbocycles. The summed E-state index contributed by atoms with van der Waals surface area (Å²) in [7, 11) is 0. The second kappa shape index (κ2) is 4.29. The summed E-state index contributed by atoms with van der Waals surface area (Å²) in [5.74, 6) is -0.726. The van der Waals surface area contributed by atoms with Crippen molar-refractivity contribution < 1.29 is 9.90 Å². The molecule has 0 spiro atoms. The first-order valence-electron chi connectivity index (χ1n) is 5.16. The Kier molecular flexibility index (Phi) is 2.85. The molecule has 1 fully saturated rings. The molecule has 1 atom stereocenters. The van der Waals surface area contributed by atoms with E-state index in [1.165, 1.54) is 0 Å². The first-order chi connectivity index (χ1) is 7.27. The van der Waals surface area contributed by atoms with E-state index in [2.05, 4.69) is 9.88 Å². The average Bonchev–Trinajstić information content (AvgIpc) is 2.66. The maximum Gasteiger partial charge on any atom is 0.305 e. The minimum Gasteiger partial charge on any atom is -0.481 e. The molecule has 0 amide bonds. The molecule has 1 aromatic rings. The SMILES string of the molecule is O=C(O)CC1CCCN1c1cccnc1. The van der Waals surface area contributed by atoms with Crippen LogP contribution >= 0.6 is 0 Å². The van der Waals surface area contributed by atoms with E-state index in [9.17, 15) is 4.79 Å². The predicted octanol–water partition coefficient (Wildman–Crippen LogP) is 1.53. The van der Waals surface area contributed by atoms with Crippen molar-refractivity contribution in [2.75, 3.05) is 11.4 Å². The number of carboxylic acids is 1. The molecule has 1 saturated heterocycles. The smallest absolute Gasteiger partial charge is 0.305 e. The Morgan fingerprint density at radius 1 is 1.67 bits per heavy atom. The number of hydrogen-bond donors (Lipinski definition) is 1. The van der Waals surface area contributed by atoms with E-state index < -0.39 is 5.97 Å². The number of aliphatic carboxylic acids is 1. The van der Waals surface area contributed by atoms with Gasteiger partial charge in [0.25, 0.3) is 0 Å². The summed E-state index contributed by atoms with van der Waals surface area (Å²) in [5, 5.41) is 8.80. The topological polar surface area (TPSA) is 53.4 Å². The number of carboxylic acid groups (broad SMARTS) is 1. The molecular weight excluding hydrogens is 192 g/mol. The van der Waals surface area contributed by atoms with Crippen LogP contribution in [0.4, 0.5) is 5.69 Å². The van der Waals surface area contributed by atoms with Gasteiger partial charge in [-0.25, -0.2) is 0 Å². The van der Waals surface area contributed by atoms with Crippen molar-refractivity contribution in [1.82, 2.24) is 4.98 Å². The number of pyridine rings is 1. The molecule has 1 unspecified atom stereocenters. The van der Waals surface area contributed by atoms with Gasteiger partial charge >= 0.3 is 5.97 Å². The van der Waals surface area contributed by atoms with Gasteiger partial charge in [-0.3, -0.25) is 9.78 Å². The summed E-state index contributed by atoms with van der Waals surface area (Å²) < 4.78 is 0. The molecule has 0 saturated carbocycles. The van der Waals surface area contributed by atoms with Crippen LogP contribution in [0.3, 0.4) is 0 Å². The molecule has 80 valence electrons. The third-order valence-electron chi connectivity index (χ3n) is 2.76. The van der Waals surface area contributed by atoms with Crippen LogP contribution < -0.4 is 4.90 Å². The highest BCUT2D eigenvalue weighted by Gasteiger charge is 2.26. The van der Waals surface area contributed by atoms with E-state index >= 15 is 0 Å². The summed E-state index contributed by atoms with van der Waals surface area (Å²) in [6, 6.07) is 3.99. The Morgan fingerprint density at radius 2 is 2.53 bits per heavy atom. The van der Waals surface area contributed by atoms with Crippen molar-refractivity contribution >= 4 is 11.7 Å². The van der Waals surface area contributed by atoms with Crippen LogP contribution in [0, 0.1) is 0 Å². The fourth-order valence-electron chi connectivity index (χ4n) is 2.11. The molecule has 1 aliphatic heterocycles. The minimum absolute atomic E-state index is 0.131. The van der Waals surface area contributed by atoms with E-state index in [-0.39, 0.29) is 12.5 Å². The normalized spacial score (nSPS) is 20.5. The van der Waals surface area contributed by atoms with Gasteiger partial charge in [0.05, 0.1) is 18.3 Å². The lowest BCUT2D eigenvalue weighted by atomic mass is 10.1. The lowest BCUT2D eigenvalue weighted by molar-refractivity contribution is -0.137. The molecule has 0 aromatic carbocycles. The lowest BCUT2D eigenvalue weighted by Gasteiger charge is -2.25. The zero-order valence-corrected chi connectivity index (χ0v) is 8.47. The van der Waals surface area contributed by atoms with E-state index in [0.717, 1.165) is 25.1 Å². The van der Waals surface area contributed by atoms with Gasteiger partial charge in [-0.05, 0) is 25.0 Å². The predicted molar refractivity (Wildman–Crippen MR) is 56.9 cm³/mol. The Labute approximate surface area is 88.6 Å². The van der Waals surface area contributed by atoms with Crippen molar-refractivity contribution in [3.8, 4) is 0 Å². The molecule has 15 heavy (non-hydrogen) atoms. The summed E-state index contributed by atoms with van der Waals surface area (Å²) in [5.41, 5.74) is 1.03. The van der Waals surface area contributed by atoms with E-state index in [1.807, 2.05) is 12.1 Å². The summed E-state index contributed by atoms with van der Waals surface area (Å²) in [6.07, 6.45) is 5.76. The van der Waals surface area contributed by atoms with Crippen molar-refractivity contribution in [2.24, 2.45) is 0 Å². The quantitative estimate of drug-likeness (QED) is 0.814. The number of carbonyl (C=O) groups is 1. The molecule has 0 radical (unpaired) electrons. The van der Waals surface area contributed by atoms with Gasteiger partial charge in [-0.1, -0.05) is 0 Å². The Balaban J connectivity index is 2.11. The Bertz CT molecular complexity index is 340. The van der Waals surface area contributed by atoms with Crippen LogP contribution in [0.5, 0.6) is 0 Å². The second-order valence-corrected chi connectivity index (χ2v) is 3.80. The van der Waals surface area contributed by atoms with Gasteiger partial charge in [-0.2, -0.15) is 0 Å². The molecule has 1 aliphatic rings. The van der Waals surface area contributed by atoms with Crippen molar-refractivity contribution in [2.45, 2.75) is 25.3 Å². The summed E-state index contributed by atoms with van der Waals surface area (Å²) >= 11 is 0. The minimum atomic E-state index is -0.726. The average molecular weight is 206 g/mol. The molecule has 4 nitrogen and oxygen atoms in total. The van der Waals surface area contributed by atoms with Crippen LogP contribution in [0.2, 0.25) is 0 Å². The molecule has 0 bridgehead atoms. The van der Waals surface area contributed by atoms with Gasteiger partial charge in [-0.15, -0.1) is 0 Å². The highest BCUT2D eigenvalue weighted by atomic mass is 16.4. The largest absolute Gasteiger partial charge is 0.481 e. The zero-order chi connectivity index (χ0) is 10.7. The summed E-state index contributed by atoms with van der Waals surface area (Å²) in [4.78, 5) is 16.9. The van der Waals surface area contributed by atoms with Gasteiger partial charge in [0.1, 0.15) is 0 Å². The third-order valence-corrected chi connectivity index (χ3v) is 2.76. The van der Waals surface area contributed by atoms with E-state index in [0.29, 0.717) is 0 Å². The highest BCUT2D eigenvalue weighted by molar-refractivity contribution is 5.68. The maximum absolute atomic E-state index is 10.7. The van der Waals surface area contributed by atoms with Gasteiger partial charge < -0.3 is 10.0 Å².